The third kappa shape index (κ3) is 3.30. The monoisotopic (exact) mass is 261 g/mol. The molecular formula is C12H15N5O2. The molecule has 19 heavy (non-hydrogen) atoms. The van der Waals surface area contributed by atoms with Crippen LogP contribution >= 0.6 is 0 Å². The van der Waals surface area contributed by atoms with Crippen molar-refractivity contribution in [2.75, 3.05) is 17.8 Å². The Morgan fingerprint density at radius 3 is 2.74 bits per heavy atom. The predicted octanol–water partition coefficient (Wildman–Crippen LogP) is 0.701. The summed E-state index contributed by atoms with van der Waals surface area (Å²) in [5.41, 5.74) is 7.27. The van der Waals surface area contributed by atoms with Crippen molar-refractivity contribution in [1.29, 1.82) is 0 Å². The molecule has 0 aliphatic carbocycles. The van der Waals surface area contributed by atoms with Gasteiger partial charge in [-0.2, -0.15) is 5.10 Å². The fraction of sp³-hybridized carbons (Fsp3) is 0.167. The maximum atomic E-state index is 11.9. The summed E-state index contributed by atoms with van der Waals surface area (Å²) in [6.07, 6.45) is 0. The summed E-state index contributed by atoms with van der Waals surface area (Å²) in [6, 6.07) is 8.54. The summed E-state index contributed by atoms with van der Waals surface area (Å²) in [7, 11) is 1.71. The van der Waals surface area contributed by atoms with Gasteiger partial charge in [-0.3, -0.25) is 9.89 Å². The predicted molar refractivity (Wildman–Crippen MR) is 71.6 cm³/mol. The molecule has 0 saturated carbocycles. The van der Waals surface area contributed by atoms with Gasteiger partial charge >= 0.3 is 0 Å². The van der Waals surface area contributed by atoms with Crippen molar-refractivity contribution < 1.29 is 9.90 Å². The summed E-state index contributed by atoms with van der Waals surface area (Å²) < 4.78 is 0. The second kappa shape index (κ2) is 5.98. The number of hydrazine groups is 1. The molecule has 0 atom stereocenters. The number of aromatic amines is 1. The van der Waals surface area contributed by atoms with Crippen molar-refractivity contribution in [3.05, 3.63) is 41.6 Å². The molecule has 1 heterocycles. The molecule has 0 saturated heterocycles. The molecule has 1 amide bonds. The maximum Gasteiger partial charge on any atom is 0.273 e. The highest BCUT2D eigenvalue weighted by Gasteiger charge is 2.09. The van der Waals surface area contributed by atoms with E-state index in [1.807, 2.05) is 0 Å². The van der Waals surface area contributed by atoms with E-state index in [0.717, 1.165) is 5.56 Å². The van der Waals surface area contributed by atoms with Crippen molar-refractivity contribution in [1.82, 2.24) is 15.6 Å². The van der Waals surface area contributed by atoms with Gasteiger partial charge in [0, 0.05) is 18.8 Å². The summed E-state index contributed by atoms with van der Waals surface area (Å²) >= 11 is 0. The summed E-state index contributed by atoms with van der Waals surface area (Å²) in [4.78, 5) is 11.9. The topological polar surface area (TPSA) is 102 Å². The number of hydrogen-bond acceptors (Lipinski definition) is 5. The molecule has 2 rings (SSSR count). The molecule has 1 aromatic carbocycles. The van der Waals surface area contributed by atoms with E-state index in [4.69, 9.17) is 5.11 Å². The Morgan fingerprint density at radius 2 is 2.11 bits per heavy atom. The fourth-order valence-corrected chi connectivity index (χ4v) is 1.52. The Kier molecular flexibility index (Phi) is 4.11. The number of nitrogens with one attached hydrogen (secondary N) is 4. The molecule has 0 aliphatic heterocycles. The standard InChI is InChI=1S/C12H15N5O2/c1-13-16-11-6-10(15-17-11)12(19)14-9-4-2-8(7-18)3-5-9/h2-6,13,18H,7H2,1H3,(H,14,19)(H2,15,16,17). The molecule has 7 heteroatoms. The van der Waals surface area contributed by atoms with Gasteiger partial charge in [0.1, 0.15) is 5.69 Å². The zero-order chi connectivity index (χ0) is 13.7. The molecule has 2 aromatic rings. The number of hydrogen-bond donors (Lipinski definition) is 5. The first kappa shape index (κ1) is 13.1. The van der Waals surface area contributed by atoms with Crippen molar-refractivity contribution in [2.45, 2.75) is 6.61 Å². The van der Waals surface area contributed by atoms with Crippen molar-refractivity contribution >= 4 is 17.4 Å². The van der Waals surface area contributed by atoms with Gasteiger partial charge in [-0.1, -0.05) is 12.1 Å². The molecule has 0 unspecified atom stereocenters. The van der Waals surface area contributed by atoms with Crippen LogP contribution in [0.25, 0.3) is 0 Å². The van der Waals surface area contributed by atoms with Crippen LogP contribution in [0.15, 0.2) is 30.3 Å². The highest BCUT2D eigenvalue weighted by Crippen LogP contribution is 2.12. The first-order chi connectivity index (χ1) is 9.22. The lowest BCUT2D eigenvalue weighted by molar-refractivity contribution is 0.102. The van der Waals surface area contributed by atoms with E-state index in [1.165, 1.54) is 0 Å². The maximum absolute atomic E-state index is 11.9. The lowest BCUT2D eigenvalue weighted by Gasteiger charge is -2.04. The number of aliphatic hydroxyl groups excluding tert-OH is 1. The molecule has 100 valence electrons. The fourth-order valence-electron chi connectivity index (χ4n) is 1.52. The van der Waals surface area contributed by atoms with Gasteiger partial charge in [-0.15, -0.1) is 0 Å². The Hall–Kier alpha value is -2.38. The SMILES string of the molecule is CNNc1cc(C(=O)Nc2ccc(CO)cc2)[nH]n1. The van der Waals surface area contributed by atoms with Gasteiger partial charge in [0.25, 0.3) is 5.91 Å². The average Bonchev–Trinajstić information content (AvgIpc) is 2.89. The van der Waals surface area contributed by atoms with Gasteiger partial charge in [-0.05, 0) is 17.7 Å². The second-order valence-corrected chi connectivity index (χ2v) is 3.85. The first-order valence-electron chi connectivity index (χ1n) is 5.72. The third-order valence-electron chi connectivity index (χ3n) is 2.47. The zero-order valence-electron chi connectivity index (χ0n) is 10.4. The van der Waals surface area contributed by atoms with Crippen LogP contribution < -0.4 is 16.2 Å². The molecule has 0 spiro atoms. The molecular weight excluding hydrogens is 246 g/mol. The number of rotatable bonds is 5. The zero-order valence-corrected chi connectivity index (χ0v) is 10.4. The number of amides is 1. The van der Waals surface area contributed by atoms with Crippen LogP contribution in [0, 0.1) is 0 Å². The van der Waals surface area contributed by atoms with E-state index in [9.17, 15) is 4.79 Å². The summed E-state index contributed by atoms with van der Waals surface area (Å²) in [5, 5.41) is 18.2. The van der Waals surface area contributed by atoms with E-state index >= 15 is 0 Å². The van der Waals surface area contributed by atoms with Crippen molar-refractivity contribution in [3.63, 3.8) is 0 Å². The molecule has 0 aliphatic rings. The molecule has 0 radical (unpaired) electrons. The van der Waals surface area contributed by atoms with E-state index in [-0.39, 0.29) is 12.5 Å². The first-order valence-corrected chi connectivity index (χ1v) is 5.72. The van der Waals surface area contributed by atoms with Crippen LogP contribution in [0.4, 0.5) is 11.5 Å². The number of carbonyl (C=O) groups is 1. The van der Waals surface area contributed by atoms with Crippen molar-refractivity contribution in [3.8, 4) is 0 Å². The highest BCUT2D eigenvalue weighted by atomic mass is 16.3. The van der Waals surface area contributed by atoms with Gasteiger partial charge in [0.15, 0.2) is 5.82 Å². The smallest absolute Gasteiger partial charge is 0.273 e. The van der Waals surface area contributed by atoms with Crippen LogP contribution in [0.2, 0.25) is 0 Å². The Balaban J connectivity index is 2.02. The molecule has 0 bridgehead atoms. The van der Waals surface area contributed by atoms with Gasteiger partial charge < -0.3 is 15.8 Å². The van der Waals surface area contributed by atoms with Gasteiger partial charge in [0.05, 0.1) is 6.61 Å². The lowest BCUT2D eigenvalue weighted by Crippen LogP contribution is -2.15. The Bertz CT molecular complexity index is 550. The number of nitrogens with zero attached hydrogens (tertiary/aromatic N) is 1. The quantitative estimate of drug-likeness (QED) is 0.510. The normalized spacial score (nSPS) is 10.2. The number of carbonyl (C=O) groups excluding carboxylic acids is 1. The van der Waals surface area contributed by atoms with Crippen LogP contribution in [0.3, 0.4) is 0 Å². The average molecular weight is 261 g/mol. The number of anilines is 2. The molecule has 1 aromatic heterocycles. The van der Waals surface area contributed by atoms with Gasteiger partial charge in [0.2, 0.25) is 0 Å². The number of aromatic nitrogens is 2. The minimum atomic E-state index is -0.284. The molecule has 5 N–H and O–H groups in total. The minimum Gasteiger partial charge on any atom is -0.392 e. The minimum absolute atomic E-state index is 0.0200. The van der Waals surface area contributed by atoms with Crippen LogP contribution in [0.5, 0.6) is 0 Å². The lowest BCUT2D eigenvalue weighted by atomic mass is 10.2. The number of aliphatic hydroxyl groups is 1. The Labute approximate surface area is 110 Å². The van der Waals surface area contributed by atoms with Crippen LogP contribution in [-0.4, -0.2) is 28.3 Å². The van der Waals surface area contributed by atoms with Gasteiger partial charge in [-0.25, -0.2) is 5.43 Å². The number of H-pyrrole nitrogens is 1. The highest BCUT2D eigenvalue weighted by molar-refractivity contribution is 6.03. The number of benzene rings is 1. The van der Waals surface area contributed by atoms with E-state index in [0.29, 0.717) is 17.2 Å². The van der Waals surface area contributed by atoms with E-state index in [1.54, 1.807) is 37.4 Å². The van der Waals surface area contributed by atoms with E-state index < -0.39 is 0 Å². The van der Waals surface area contributed by atoms with Crippen molar-refractivity contribution in [2.24, 2.45) is 0 Å². The second-order valence-electron chi connectivity index (χ2n) is 3.85. The molecule has 0 fully saturated rings. The van der Waals surface area contributed by atoms with Crippen LogP contribution in [0.1, 0.15) is 16.1 Å². The van der Waals surface area contributed by atoms with E-state index in [2.05, 4.69) is 26.4 Å². The summed E-state index contributed by atoms with van der Waals surface area (Å²) in [6.45, 7) is -0.0200. The Morgan fingerprint density at radius 1 is 1.37 bits per heavy atom. The molecule has 7 nitrogen and oxygen atoms in total. The van der Waals surface area contributed by atoms with Crippen LogP contribution in [-0.2, 0) is 6.61 Å². The largest absolute Gasteiger partial charge is 0.392 e. The third-order valence-corrected chi connectivity index (χ3v) is 2.47. The summed E-state index contributed by atoms with van der Waals surface area (Å²) in [5.74, 6) is 0.247.